The highest BCUT2D eigenvalue weighted by Gasteiger charge is 2.21. The average molecular weight is 324 g/mol. The smallest absolute Gasteiger partial charge is 0.357 e. The number of rotatable bonds is 2. The van der Waals surface area contributed by atoms with E-state index in [1.807, 2.05) is 0 Å². The van der Waals surface area contributed by atoms with E-state index in [4.69, 9.17) is 0 Å². The van der Waals surface area contributed by atoms with Crippen LogP contribution in [0.3, 0.4) is 0 Å². The van der Waals surface area contributed by atoms with E-state index in [0.29, 0.717) is 13.0 Å². The van der Waals surface area contributed by atoms with E-state index in [9.17, 15) is 17.1 Å². The van der Waals surface area contributed by atoms with Gasteiger partial charge in [-0.1, -0.05) is 3.89 Å². The van der Waals surface area contributed by atoms with Crippen molar-refractivity contribution in [2.75, 3.05) is 6.54 Å². The van der Waals surface area contributed by atoms with Crippen molar-refractivity contribution in [2.45, 2.75) is 6.42 Å². The number of benzene rings is 1. The summed E-state index contributed by atoms with van der Waals surface area (Å²) in [5.74, 6) is -0.580. The molecule has 1 heterocycles. The van der Waals surface area contributed by atoms with Crippen LogP contribution in [-0.4, -0.2) is 20.9 Å². The predicted octanol–water partition coefficient (Wildman–Crippen LogP) is 1.33. The molecule has 17 heavy (non-hydrogen) atoms. The van der Waals surface area contributed by atoms with Gasteiger partial charge in [0.2, 0.25) is 0 Å². The third-order valence-electron chi connectivity index (χ3n) is 2.27. The zero-order chi connectivity index (χ0) is 12.6. The molecule has 0 unspecified atom stereocenters. The summed E-state index contributed by atoms with van der Waals surface area (Å²) >= 11 is 3.06. The molecule has 1 aromatic rings. The molecule has 8 heteroatoms. The van der Waals surface area contributed by atoms with Crippen LogP contribution in [-0.2, 0) is 16.9 Å². The molecule has 1 aliphatic rings. The van der Waals surface area contributed by atoms with E-state index in [2.05, 4.69) is 25.4 Å². The minimum absolute atomic E-state index is 0.247. The zero-order valence-corrected chi connectivity index (χ0v) is 10.8. The molecule has 0 aromatic heterocycles. The van der Waals surface area contributed by atoms with Crippen LogP contribution in [0.2, 0.25) is 0 Å². The molecule has 0 fully saturated rings. The van der Waals surface area contributed by atoms with E-state index in [0.717, 1.165) is 5.56 Å². The van der Waals surface area contributed by atoms with Crippen molar-refractivity contribution in [1.82, 2.24) is 5.32 Å². The lowest BCUT2D eigenvalue weighted by atomic mass is 10.0. The van der Waals surface area contributed by atoms with E-state index < -0.39 is 10.5 Å². The van der Waals surface area contributed by atoms with Gasteiger partial charge in [0.1, 0.15) is 0 Å². The van der Waals surface area contributed by atoms with Crippen molar-refractivity contribution in [3.8, 4) is 5.75 Å². The Kier molecular flexibility index (Phi) is 3.09. The van der Waals surface area contributed by atoms with E-state index in [1.165, 1.54) is 6.07 Å². The summed E-state index contributed by atoms with van der Waals surface area (Å²) in [6, 6.07) is 2.75. The highest BCUT2D eigenvalue weighted by Crippen LogP contribution is 2.31. The third kappa shape index (κ3) is 2.75. The maximum atomic E-state index is 12.4. The van der Waals surface area contributed by atoms with Crippen LogP contribution >= 0.6 is 15.9 Å². The van der Waals surface area contributed by atoms with Crippen molar-refractivity contribution in [1.29, 1.82) is 0 Å². The van der Waals surface area contributed by atoms with Gasteiger partial charge in [-0.15, -0.1) is 0 Å². The Labute approximate surface area is 106 Å². The fraction of sp³-hybridized carbons (Fsp3) is 0.222. The van der Waals surface area contributed by atoms with Gasteiger partial charge in [0, 0.05) is 12.1 Å². The van der Waals surface area contributed by atoms with Crippen molar-refractivity contribution >= 4 is 32.3 Å². The molecule has 1 amide bonds. The largest absolute Gasteiger partial charge is 0.488 e. The molecule has 92 valence electrons. The minimum atomic E-state index is -5.11. The SMILES string of the molecule is O=C1NCCc2cc(Br)c(OS(=O)(=O)F)cc21. The predicted molar refractivity (Wildman–Crippen MR) is 60.8 cm³/mol. The second-order valence-electron chi connectivity index (χ2n) is 3.42. The van der Waals surface area contributed by atoms with Crippen LogP contribution in [0, 0.1) is 0 Å². The topological polar surface area (TPSA) is 72.5 Å². The number of nitrogens with one attached hydrogen (secondary N) is 1. The highest BCUT2D eigenvalue weighted by atomic mass is 79.9. The lowest BCUT2D eigenvalue weighted by molar-refractivity contribution is 0.0945. The summed E-state index contributed by atoms with van der Waals surface area (Å²) in [5, 5.41) is 2.59. The lowest BCUT2D eigenvalue weighted by Gasteiger charge is -2.17. The van der Waals surface area contributed by atoms with Gasteiger partial charge in [-0.2, -0.15) is 8.42 Å². The van der Waals surface area contributed by atoms with E-state index in [1.54, 1.807) is 6.07 Å². The molecule has 0 aliphatic carbocycles. The molecule has 1 N–H and O–H groups in total. The van der Waals surface area contributed by atoms with E-state index in [-0.39, 0.29) is 21.7 Å². The fourth-order valence-electron chi connectivity index (χ4n) is 1.59. The molecule has 0 atom stereocenters. The standard InChI is InChI=1S/C9H7BrFNO4S/c10-7-3-5-1-2-12-9(13)6(5)4-8(7)16-17(11,14)15/h3-4H,1-2H2,(H,12,13). The van der Waals surface area contributed by atoms with Crippen LogP contribution in [0.15, 0.2) is 16.6 Å². The summed E-state index contributed by atoms with van der Waals surface area (Å²) in [7, 11) is -5.11. The summed E-state index contributed by atoms with van der Waals surface area (Å²) in [4.78, 5) is 11.5. The molecule has 1 aromatic carbocycles. The second-order valence-corrected chi connectivity index (χ2v) is 5.23. The van der Waals surface area contributed by atoms with Crippen LogP contribution in [0.4, 0.5) is 3.89 Å². The third-order valence-corrected chi connectivity index (χ3v) is 3.27. The summed E-state index contributed by atoms with van der Waals surface area (Å²) in [6.07, 6.45) is 0.627. The van der Waals surface area contributed by atoms with Gasteiger partial charge >= 0.3 is 10.5 Å². The lowest BCUT2D eigenvalue weighted by Crippen LogP contribution is -2.31. The van der Waals surface area contributed by atoms with Gasteiger partial charge in [0.25, 0.3) is 5.91 Å². The number of halogens is 2. The molecule has 0 saturated heterocycles. The number of fused-ring (bicyclic) bond motifs is 1. The monoisotopic (exact) mass is 323 g/mol. The molecule has 0 saturated carbocycles. The molecule has 0 spiro atoms. The Bertz CT molecular complexity index is 587. The first-order chi connectivity index (χ1) is 7.87. The molecule has 0 bridgehead atoms. The Morgan fingerprint density at radius 1 is 1.41 bits per heavy atom. The van der Waals surface area contributed by atoms with Crippen LogP contribution in [0.5, 0.6) is 5.75 Å². The minimum Gasteiger partial charge on any atom is -0.357 e. The Morgan fingerprint density at radius 2 is 2.12 bits per heavy atom. The number of amides is 1. The Balaban J connectivity index is 2.49. The maximum absolute atomic E-state index is 12.4. The second kappa shape index (κ2) is 4.26. The molecule has 0 radical (unpaired) electrons. The normalized spacial score (nSPS) is 15.1. The number of carbonyl (C=O) groups excluding carboxylic acids is 1. The number of carbonyl (C=O) groups is 1. The quantitative estimate of drug-likeness (QED) is 0.833. The maximum Gasteiger partial charge on any atom is 0.488 e. The van der Waals surface area contributed by atoms with Crippen LogP contribution in [0.25, 0.3) is 0 Å². The molecule has 5 nitrogen and oxygen atoms in total. The van der Waals surface area contributed by atoms with Gasteiger partial charge in [0.05, 0.1) is 4.47 Å². The molecule has 2 rings (SSSR count). The van der Waals surface area contributed by atoms with Crippen molar-refractivity contribution in [2.24, 2.45) is 0 Å². The number of hydrogen-bond donors (Lipinski definition) is 1. The molecule has 1 aliphatic heterocycles. The first kappa shape index (κ1) is 12.3. The van der Waals surface area contributed by atoms with Gasteiger partial charge in [-0.05, 0) is 40.0 Å². The van der Waals surface area contributed by atoms with Crippen LogP contribution in [0.1, 0.15) is 15.9 Å². The average Bonchev–Trinajstić information content (AvgIpc) is 2.18. The Morgan fingerprint density at radius 3 is 2.76 bits per heavy atom. The Hall–Kier alpha value is -1.15. The summed E-state index contributed by atoms with van der Waals surface area (Å²) in [5.41, 5.74) is 1.04. The molecular formula is C9H7BrFNO4S. The first-order valence-electron chi connectivity index (χ1n) is 4.61. The van der Waals surface area contributed by atoms with Crippen molar-refractivity contribution in [3.63, 3.8) is 0 Å². The van der Waals surface area contributed by atoms with Crippen molar-refractivity contribution < 1.29 is 21.3 Å². The van der Waals surface area contributed by atoms with Crippen LogP contribution < -0.4 is 9.50 Å². The van der Waals surface area contributed by atoms with Gasteiger partial charge in [0.15, 0.2) is 5.75 Å². The summed E-state index contributed by atoms with van der Waals surface area (Å²) in [6.45, 7) is 0.514. The van der Waals surface area contributed by atoms with Crippen molar-refractivity contribution in [3.05, 3.63) is 27.7 Å². The first-order valence-corrected chi connectivity index (χ1v) is 6.71. The molecular weight excluding hydrogens is 317 g/mol. The van der Waals surface area contributed by atoms with Gasteiger partial charge in [-0.3, -0.25) is 4.79 Å². The summed E-state index contributed by atoms with van der Waals surface area (Å²) < 4.78 is 37.6. The zero-order valence-electron chi connectivity index (χ0n) is 8.37. The number of hydrogen-bond acceptors (Lipinski definition) is 4. The highest BCUT2D eigenvalue weighted by molar-refractivity contribution is 9.10. The van der Waals surface area contributed by atoms with Gasteiger partial charge in [-0.25, -0.2) is 0 Å². The van der Waals surface area contributed by atoms with E-state index >= 15 is 0 Å². The van der Waals surface area contributed by atoms with Gasteiger partial charge < -0.3 is 9.50 Å². The fourth-order valence-corrected chi connectivity index (χ4v) is 2.52.